The first-order valence-corrected chi connectivity index (χ1v) is 21.0. The first kappa shape index (κ1) is 37.9. The summed E-state index contributed by atoms with van der Waals surface area (Å²) in [7, 11) is -4.34. The molecule has 0 fully saturated rings. The van der Waals surface area contributed by atoms with E-state index in [0.717, 1.165) is 16.0 Å². The third kappa shape index (κ3) is 9.64. The standard InChI is InChI=1S/C35H44F3N3O6SSi/c1-23-19-31(33(44-5)26(4)39-23)46-21-27-13-14-29(28(20-27)15-16-35(36,37)38)30-11-9-10-12-32(30)48(42,43)41(22-45-17-18-49(6,7)8)34-24(2)25(3)40-47-34/h9-14,19-20H,15-18,21-22H2,1-8H3. The maximum atomic E-state index is 14.5. The van der Waals surface area contributed by atoms with Crippen molar-refractivity contribution in [1.82, 2.24) is 10.1 Å². The van der Waals surface area contributed by atoms with Gasteiger partial charge in [0.2, 0.25) is 5.88 Å². The second-order valence-corrected chi connectivity index (χ2v) is 20.6. The van der Waals surface area contributed by atoms with Crippen molar-refractivity contribution in [2.75, 3.05) is 24.8 Å². The third-order valence-electron chi connectivity index (χ3n) is 7.99. The van der Waals surface area contributed by atoms with Crippen molar-refractivity contribution in [3.05, 3.63) is 82.3 Å². The first-order valence-electron chi connectivity index (χ1n) is 15.9. The van der Waals surface area contributed by atoms with Crippen LogP contribution < -0.4 is 13.8 Å². The number of aryl methyl sites for hydroxylation is 4. The number of alkyl halides is 3. The summed E-state index contributed by atoms with van der Waals surface area (Å²) in [6.07, 6.45) is -5.90. The van der Waals surface area contributed by atoms with Gasteiger partial charge in [-0.15, -0.1) is 0 Å². The van der Waals surface area contributed by atoms with Gasteiger partial charge >= 0.3 is 6.18 Å². The van der Waals surface area contributed by atoms with Gasteiger partial charge < -0.3 is 18.7 Å². The minimum Gasteiger partial charge on any atom is -0.491 e. The number of hydrogen-bond donors (Lipinski definition) is 0. The fourth-order valence-corrected chi connectivity index (χ4v) is 7.51. The quantitative estimate of drug-likeness (QED) is 0.0684. The lowest BCUT2D eigenvalue weighted by Gasteiger charge is -2.25. The van der Waals surface area contributed by atoms with Gasteiger partial charge in [-0.3, -0.25) is 4.98 Å². The summed E-state index contributed by atoms with van der Waals surface area (Å²) in [4.78, 5) is 4.27. The predicted octanol–water partition coefficient (Wildman–Crippen LogP) is 8.56. The molecule has 0 aliphatic carbocycles. The van der Waals surface area contributed by atoms with Crippen molar-refractivity contribution < 1.29 is 40.3 Å². The molecule has 0 aliphatic rings. The van der Waals surface area contributed by atoms with E-state index in [-0.39, 0.29) is 36.1 Å². The fraction of sp³-hybridized carbons (Fsp3) is 0.429. The maximum Gasteiger partial charge on any atom is 0.389 e. The van der Waals surface area contributed by atoms with Crippen LogP contribution in [0.2, 0.25) is 25.7 Å². The van der Waals surface area contributed by atoms with Crippen molar-refractivity contribution in [3.63, 3.8) is 0 Å². The Kier molecular flexibility index (Phi) is 11.9. The van der Waals surface area contributed by atoms with Crippen molar-refractivity contribution in [3.8, 4) is 22.6 Å². The van der Waals surface area contributed by atoms with Crippen LogP contribution >= 0.6 is 0 Å². The minimum atomic E-state index is -4.43. The highest BCUT2D eigenvalue weighted by molar-refractivity contribution is 7.93. The summed E-state index contributed by atoms with van der Waals surface area (Å²) < 4.78 is 93.6. The molecular formula is C35H44F3N3O6SSi. The number of anilines is 1. The van der Waals surface area contributed by atoms with E-state index >= 15 is 0 Å². The Bertz CT molecular complexity index is 1870. The van der Waals surface area contributed by atoms with Crippen LogP contribution in [0.25, 0.3) is 11.1 Å². The van der Waals surface area contributed by atoms with Crippen LogP contribution in [0, 0.1) is 27.7 Å². The Balaban J connectivity index is 1.76. The van der Waals surface area contributed by atoms with E-state index in [1.807, 2.05) is 6.92 Å². The van der Waals surface area contributed by atoms with E-state index in [0.29, 0.717) is 51.7 Å². The molecule has 0 saturated carbocycles. The van der Waals surface area contributed by atoms with E-state index in [1.165, 1.54) is 13.2 Å². The molecule has 2 heterocycles. The van der Waals surface area contributed by atoms with Crippen LogP contribution in [0.3, 0.4) is 0 Å². The molecule has 0 spiro atoms. The Morgan fingerprint density at radius 1 is 0.959 bits per heavy atom. The lowest BCUT2D eigenvalue weighted by Crippen LogP contribution is -2.34. The number of halogens is 3. The van der Waals surface area contributed by atoms with Crippen molar-refractivity contribution in [2.24, 2.45) is 0 Å². The molecular weight excluding hydrogens is 676 g/mol. The SMILES string of the molecule is COc1c(OCc2ccc(-c3ccccc3S(=O)(=O)N(COCC[Si](C)(C)C)c3onc(C)c3C)c(CCC(F)(F)F)c2)cc(C)nc1C. The number of hydrogen-bond acceptors (Lipinski definition) is 8. The molecule has 0 N–H and O–H groups in total. The van der Waals surface area contributed by atoms with Crippen LogP contribution in [0.4, 0.5) is 19.1 Å². The molecule has 0 saturated heterocycles. The zero-order valence-electron chi connectivity index (χ0n) is 29.2. The molecule has 266 valence electrons. The molecule has 2 aromatic heterocycles. The van der Waals surface area contributed by atoms with E-state index in [9.17, 15) is 21.6 Å². The molecule has 14 heteroatoms. The van der Waals surface area contributed by atoms with Gasteiger partial charge in [-0.2, -0.15) is 13.2 Å². The number of rotatable bonds is 15. The second kappa shape index (κ2) is 15.3. The van der Waals surface area contributed by atoms with Gasteiger partial charge in [0, 0.05) is 44.0 Å². The van der Waals surface area contributed by atoms with Crippen LogP contribution in [0.15, 0.2) is 57.9 Å². The summed E-state index contributed by atoms with van der Waals surface area (Å²) in [5, 5.41) is 3.96. The molecule has 2 aromatic carbocycles. The zero-order valence-corrected chi connectivity index (χ0v) is 31.0. The number of sulfonamides is 1. The molecule has 49 heavy (non-hydrogen) atoms. The summed E-state index contributed by atoms with van der Waals surface area (Å²) in [6, 6.07) is 13.8. The zero-order chi connectivity index (χ0) is 36.1. The Hall–Kier alpha value is -3.88. The minimum absolute atomic E-state index is 0.0158. The van der Waals surface area contributed by atoms with E-state index in [2.05, 4.69) is 29.8 Å². The monoisotopic (exact) mass is 719 g/mol. The number of pyridine rings is 1. The van der Waals surface area contributed by atoms with Crippen LogP contribution in [0.1, 0.15) is 40.2 Å². The molecule has 9 nitrogen and oxygen atoms in total. The first-order chi connectivity index (χ1) is 22.9. The summed E-state index contributed by atoms with van der Waals surface area (Å²) in [5.41, 5.74) is 3.93. The Labute approximate surface area is 287 Å². The molecule has 4 aromatic rings. The lowest BCUT2D eigenvalue weighted by molar-refractivity contribution is -0.133. The predicted molar refractivity (Wildman–Crippen MR) is 185 cm³/mol. The Morgan fingerprint density at radius 2 is 1.67 bits per heavy atom. The number of nitrogens with zero attached hydrogens (tertiary/aromatic N) is 3. The highest BCUT2D eigenvalue weighted by Crippen LogP contribution is 2.37. The summed E-state index contributed by atoms with van der Waals surface area (Å²) in [6.45, 7) is 13.7. The average molecular weight is 720 g/mol. The van der Waals surface area contributed by atoms with Crippen molar-refractivity contribution >= 4 is 24.0 Å². The number of aromatic nitrogens is 2. The van der Waals surface area contributed by atoms with Crippen LogP contribution in [0.5, 0.6) is 11.5 Å². The van der Waals surface area contributed by atoms with Gasteiger partial charge in [0.25, 0.3) is 10.0 Å². The van der Waals surface area contributed by atoms with Crippen LogP contribution in [-0.4, -0.2) is 53.3 Å². The van der Waals surface area contributed by atoms with Crippen molar-refractivity contribution in [1.29, 1.82) is 0 Å². The lowest BCUT2D eigenvalue weighted by atomic mass is 9.94. The normalized spacial score (nSPS) is 12.3. The highest BCUT2D eigenvalue weighted by Gasteiger charge is 2.33. The second-order valence-electron chi connectivity index (χ2n) is 13.2. The van der Waals surface area contributed by atoms with Crippen LogP contribution in [-0.2, 0) is 27.8 Å². The molecule has 0 atom stereocenters. The van der Waals surface area contributed by atoms with E-state index < -0.39 is 30.7 Å². The molecule has 0 amide bonds. The van der Waals surface area contributed by atoms with Gasteiger partial charge in [-0.25, -0.2) is 12.7 Å². The fourth-order valence-electron chi connectivity index (χ4n) is 5.21. The van der Waals surface area contributed by atoms with Gasteiger partial charge in [0.05, 0.1) is 23.4 Å². The van der Waals surface area contributed by atoms with Gasteiger partial charge in [-0.05, 0) is 62.9 Å². The van der Waals surface area contributed by atoms with Gasteiger partial charge in [0.1, 0.15) is 13.3 Å². The van der Waals surface area contributed by atoms with E-state index in [1.54, 1.807) is 63.2 Å². The molecule has 0 bridgehead atoms. The average Bonchev–Trinajstić information content (AvgIpc) is 3.34. The number of ether oxygens (including phenoxy) is 3. The Morgan fingerprint density at radius 3 is 2.31 bits per heavy atom. The molecule has 0 radical (unpaired) electrons. The smallest absolute Gasteiger partial charge is 0.389 e. The number of methoxy groups -OCH3 is 1. The van der Waals surface area contributed by atoms with Gasteiger partial charge in [-0.1, -0.05) is 61.2 Å². The third-order valence-corrected chi connectivity index (χ3v) is 11.5. The highest BCUT2D eigenvalue weighted by atomic mass is 32.2. The summed E-state index contributed by atoms with van der Waals surface area (Å²) in [5.74, 6) is 0.932. The van der Waals surface area contributed by atoms with Gasteiger partial charge in [0.15, 0.2) is 11.5 Å². The topological polar surface area (TPSA) is 104 Å². The molecule has 0 aliphatic heterocycles. The summed E-state index contributed by atoms with van der Waals surface area (Å²) >= 11 is 0. The molecule has 4 rings (SSSR count). The molecule has 0 unspecified atom stereocenters. The van der Waals surface area contributed by atoms with Crippen molar-refractivity contribution in [2.45, 2.75) is 83.9 Å². The number of benzene rings is 2. The largest absolute Gasteiger partial charge is 0.491 e. The maximum absolute atomic E-state index is 14.5. The van der Waals surface area contributed by atoms with E-state index in [4.69, 9.17) is 18.7 Å².